The molecular formula is C14H19NO3. The summed E-state index contributed by atoms with van der Waals surface area (Å²) in [6.07, 6.45) is 1.09. The lowest BCUT2D eigenvalue weighted by Crippen LogP contribution is -2.43. The lowest BCUT2D eigenvalue weighted by Gasteiger charge is -2.30. The molecule has 0 saturated carbocycles. The van der Waals surface area contributed by atoms with Crippen molar-refractivity contribution in [2.24, 2.45) is 11.7 Å². The summed E-state index contributed by atoms with van der Waals surface area (Å²) in [6, 6.07) is 4.90. The van der Waals surface area contributed by atoms with E-state index in [1.165, 1.54) is 6.07 Å². The first kappa shape index (κ1) is 12.9. The number of phenols is 1. The first-order valence-corrected chi connectivity index (χ1v) is 6.26. The van der Waals surface area contributed by atoms with E-state index >= 15 is 0 Å². The van der Waals surface area contributed by atoms with Crippen molar-refractivity contribution >= 4 is 5.97 Å². The number of carbonyl (C=O) groups is 1. The number of hydrogen-bond donors (Lipinski definition) is 2. The average molecular weight is 249 g/mol. The van der Waals surface area contributed by atoms with Crippen LogP contribution in [0.25, 0.3) is 0 Å². The van der Waals surface area contributed by atoms with Crippen LogP contribution < -0.4 is 5.73 Å². The molecule has 1 aromatic rings. The number of carbonyl (C=O) groups excluding carboxylic acids is 1. The van der Waals surface area contributed by atoms with Gasteiger partial charge in [0.2, 0.25) is 0 Å². The quantitative estimate of drug-likeness (QED) is 0.802. The standard InChI is InChI=1S/C14H19NO3/c1-8(2)6-10(15)12-7-9-4-3-5-11(16)13(9)14(17)18-12/h3-5,8,10,12,16H,6-7,15H2,1-2H3/t10-,12-/m0/s1. The van der Waals surface area contributed by atoms with E-state index < -0.39 is 5.97 Å². The second kappa shape index (κ2) is 4.98. The molecule has 0 aliphatic carbocycles. The van der Waals surface area contributed by atoms with Crippen LogP contribution in [0, 0.1) is 5.92 Å². The van der Waals surface area contributed by atoms with Crippen molar-refractivity contribution in [3.05, 3.63) is 29.3 Å². The Kier molecular flexibility index (Phi) is 3.57. The lowest BCUT2D eigenvalue weighted by atomic mass is 9.91. The molecule has 0 bridgehead atoms. The van der Waals surface area contributed by atoms with Gasteiger partial charge >= 0.3 is 5.97 Å². The van der Waals surface area contributed by atoms with Gasteiger partial charge in [-0.1, -0.05) is 26.0 Å². The van der Waals surface area contributed by atoms with E-state index in [0.29, 0.717) is 12.3 Å². The summed E-state index contributed by atoms with van der Waals surface area (Å²) < 4.78 is 5.33. The van der Waals surface area contributed by atoms with Crippen molar-refractivity contribution in [2.45, 2.75) is 38.8 Å². The fourth-order valence-electron chi connectivity index (χ4n) is 2.38. The predicted molar refractivity (Wildman–Crippen MR) is 68.4 cm³/mol. The topological polar surface area (TPSA) is 72.5 Å². The number of fused-ring (bicyclic) bond motifs is 1. The van der Waals surface area contributed by atoms with Gasteiger partial charge in [-0.2, -0.15) is 0 Å². The number of cyclic esters (lactones) is 1. The van der Waals surface area contributed by atoms with E-state index in [4.69, 9.17) is 10.5 Å². The molecule has 3 N–H and O–H groups in total. The van der Waals surface area contributed by atoms with Crippen LogP contribution in [0.2, 0.25) is 0 Å². The Morgan fingerprint density at radius 3 is 2.89 bits per heavy atom. The number of aromatic hydroxyl groups is 1. The summed E-state index contributed by atoms with van der Waals surface area (Å²) in [7, 11) is 0. The largest absolute Gasteiger partial charge is 0.507 e. The molecule has 0 fully saturated rings. The maximum Gasteiger partial charge on any atom is 0.342 e. The first-order chi connectivity index (χ1) is 8.49. The number of nitrogens with two attached hydrogens (primary N) is 1. The predicted octanol–water partition coefficient (Wildman–Crippen LogP) is 1.85. The average Bonchev–Trinajstić information content (AvgIpc) is 2.27. The monoisotopic (exact) mass is 249 g/mol. The molecule has 0 spiro atoms. The summed E-state index contributed by atoms with van der Waals surface area (Å²) >= 11 is 0. The number of esters is 1. The van der Waals surface area contributed by atoms with Gasteiger partial charge < -0.3 is 15.6 Å². The SMILES string of the molecule is CC(C)C[C@H](N)[C@@H]1Cc2cccc(O)c2C(=O)O1. The molecule has 1 aliphatic rings. The smallest absolute Gasteiger partial charge is 0.342 e. The van der Waals surface area contributed by atoms with Gasteiger partial charge in [0.15, 0.2) is 0 Å². The highest BCUT2D eigenvalue weighted by molar-refractivity contribution is 5.95. The van der Waals surface area contributed by atoms with Crippen molar-refractivity contribution in [1.29, 1.82) is 0 Å². The Hall–Kier alpha value is -1.55. The number of benzene rings is 1. The van der Waals surface area contributed by atoms with Gasteiger partial charge in [-0.25, -0.2) is 4.79 Å². The molecule has 18 heavy (non-hydrogen) atoms. The third-order valence-electron chi connectivity index (χ3n) is 3.23. The van der Waals surface area contributed by atoms with E-state index in [-0.39, 0.29) is 23.5 Å². The zero-order valence-corrected chi connectivity index (χ0v) is 10.7. The first-order valence-electron chi connectivity index (χ1n) is 6.26. The highest BCUT2D eigenvalue weighted by atomic mass is 16.5. The molecule has 4 heteroatoms. The van der Waals surface area contributed by atoms with Crippen LogP contribution in [0.15, 0.2) is 18.2 Å². The lowest BCUT2D eigenvalue weighted by molar-refractivity contribution is 0.0169. The van der Waals surface area contributed by atoms with Crippen LogP contribution >= 0.6 is 0 Å². The van der Waals surface area contributed by atoms with E-state index in [1.54, 1.807) is 6.07 Å². The van der Waals surface area contributed by atoms with Crippen molar-refractivity contribution < 1.29 is 14.6 Å². The third-order valence-corrected chi connectivity index (χ3v) is 3.23. The minimum atomic E-state index is -0.474. The molecule has 0 radical (unpaired) electrons. The summed E-state index contributed by atoms with van der Waals surface area (Å²) in [5, 5.41) is 9.66. The van der Waals surface area contributed by atoms with Gasteiger partial charge in [-0.3, -0.25) is 0 Å². The van der Waals surface area contributed by atoms with E-state index in [0.717, 1.165) is 12.0 Å². The molecule has 0 unspecified atom stereocenters. The molecule has 0 amide bonds. The minimum Gasteiger partial charge on any atom is -0.507 e. The number of phenolic OH excluding ortho intramolecular Hbond substituents is 1. The van der Waals surface area contributed by atoms with Crippen LogP contribution in [0.4, 0.5) is 0 Å². The van der Waals surface area contributed by atoms with Crippen molar-refractivity contribution in [1.82, 2.24) is 0 Å². The molecule has 1 heterocycles. The summed E-state index contributed by atoms with van der Waals surface area (Å²) in [6.45, 7) is 4.18. The molecule has 0 aromatic heterocycles. The highest BCUT2D eigenvalue weighted by Gasteiger charge is 2.32. The molecule has 98 valence electrons. The van der Waals surface area contributed by atoms with Crippen molar-refractivity contribution in [3.63, 3.8) is 0 Å². The minimum absolute atomic E-state index is 0.0200. The number of rotatable bonds is 3. The van der Waals surface area contributed by atoms with Gasteiger partial charge in [-0.15, -0.1) is 0 Å². The zero-order chi connectivity index (χ0) is 13.3. The van der Waals surface area contributed by atoms with Crippen molar-refractivity contribution in [2.75, 3.05) is 0 Å². The number of hydrogen-bond acceptors (Lipinski definition) is 4. The molecule has 0 saturated heterocycles. The van der Waals surface area contributed by atoms with Gasteiger partial charge in [0.05, 0.1) is 0 Å². The van der Waals surface area contributed by atoms with Gasteiger partial charge in [0, 0.05) is 12.5 Å². The van der Waals surface area contributed by atoms with Crippen LogP contribution in [-0.2, 0) is 11.2 Å². The van der Waals surface area contributed by atoms with Gasteiger partial charge in [0.1, 0.15) is 17.4 Å². The normalized spacial score (nSPS) is 20.4. The molecular weight excluding hydrogens is 230 g/mol. The van der Waals surface area contributed by atoms with Gasteiger partial charge in [-0.05, 0) is 24.0 Å². The fourth-order valence-corrected chi connectivity index (χ4v) is 2.38. The Morgan fingerprint density at radius 2 is 2.22 bits per heavy atom. The van der Waals surface area contributed by atoms with Crippen molar-refractivity contribution in [3.8, 4) is 5.75 Å². The second-order valence-corrected chi connectivity index (χ2v) is 5.25. The zero-order valence-electron chi connectivity index (χ0n) is 10.7. The molecule has 1 aromatic carbocycles. The van der Waals surface area contributed by atoms with E-state index in [9.17, 15) is 9.90 Å². The Balaban J connectivity index is 2.21. The maximum atomic E-state index is 11.9. The van der Waals surface area contributed by atoms with Crippen LogP contribution in [0.3, 0.4) is 0 Å². The Bertz CT molecular complexity index is 456. The Labute approximate surface area is 107 Å². The van der Waals surface area contributed by atoms with Gasteiger partial charge in [0.25, 0.3) is 0 Å². The fraction of sp³-hybridized carbons (Fsp3) is 0.500. The third kappa shape index (κ3) is 2.48. The maximum absolute atomic E-state index is 11.9. The molecule has 2 atom stereocenters. The van der Waals surface area contributed by atoms with Crippen LogP contribution in [0.1, 0.15) is 36.2 Å². The van der Waals surface area contributed by atoms with Crippen LogP contribution in [0.5, 0.6) is 5.75 Å². The summed E-state index contributed by atoms with van der Waals surface area (Å²) in [5.41, 5.74) is 7.17. The molecule has 1 aliphatic heterocycles. The molecule has 2 rings (SSSR count). The number of ether oxygens (including phenoxy) is 1. The van der Waals surface area contributed by atoms with Crippen LogP contribution in [-0.4, -0.2) is 23.2 Å². The highest BCUT2D eigenvalue weighted by Crippen LogP contribution is 2.29. The second-order valence-electron chi connectivity index (χ2n) is 5.25. The van der Waals surface area contributed by atoms with E-state index in [2.05, 4.69) is 13.8 Å². The Morgan fingerprint density at radius 1 is 1.50 bits per heavy atom. The summed E-state index contributed by atoms with van der Waals surface area (Å²) in [4.78, 5) is 11.9. The molecule has 4 nitrogen and oxygen atoms in total. The van der Waals surface area contributed by atoms with E-state index in [1.807, 2.05) is 6.07 Å². The summed E-state index contributed by atoms with van der Waals surface area (Å²) in [5.74, 6) is -0.0313.